The number of benzene rings is 1. The Hall–Kier alpha value is -2.42. The molecule has 1 aliphatic rings. The number of esters is 1. The van der Waals surface area contributed by atoms with Crippen molar-refractivity contribution in [1.29, 1.82) is 0 Å². The summed E-state index contributed by atoms with van der Waals surface area (Å²) in [7, 11) is 0. The van der Waals surface area contributed by atoms with E-state index in [9.17, 15) is 9.59 Å². The lowest BCUT2D eigenvalue weighted by molar-refractivity contribution is 0.0632. The average molecular weight is 255 g/mol. The standard InChI is InChI=1S/C15H13NO3/c16-9-11-5-7-12(8-6-11)15(18)19-14-4-2-1-3-13(14)10-17/h1-2,4-8H,3,9,16H2. The number of carbonyl (C=O) groups is 1. The van der Waals surface area contributed by atoms with Gasteiger partial charge in [-0.1, -0.05) is 24.3 Å². The summed E-state index contributed by atoms with van der Waals surface area (Å²) in [5.74, 6) is 1.54. The molecule has 0 atom stereocenters. The third kappa shape index (κ3) is 3.07. The Labute approximate surface area is 110 Å². The largest absolute Gasteiger partial charge is 0.422 e. The highest BCUT2D eigenvalue weighted by molar-refractivity contribution is 5.90. The predicted octanol–water partition coefficient (Wildman–Crippen LogP) is 1.90. The number of nitrogens with two attached hydrogens (primary N) is 1. The van der Waals surface area contributed by atoms with Gasteiger partial charge in [0.1, 0.15) is 11.7 Å². The van der Waals surface area contributed by atoms with Crippen molar-refractivity contribution >= 4 is 11.9 Å². The fourth-order valence-electron chi connectivity index (χ4n) is 1.67. The molecule has 0 unspecified atom stereocenters. The molecule has 96 valence electrons. The summed E-state index contributed by atoms with van der Waals surface area (Å²) < 4.78 is 5.19. The van der Waals surface area contributed by atoms with Crippen LogP contribution in [0.1, 0.15) is 22.3 Å². The van der Waals surface area contributed by atoms with Crippen LogP contribution in [-0.2, 0) is 16.1 Å². The Bertz CT molecular complexity index is 590. The monoisotopic (exact) mass is 255 g/mol. The lowest BCUT2D eigenvalue weighted by Gasteiger charge is -2.10. The van der Waals surface area contributed by atoms with Crippen LogP contribution in [0.25, 0.3) is 0 Å². The van der Waals surface area contributed by atoms with E-state index in [2.05, 4.69) is 0 Å². The quantitative estimate of drug-likeness (QED) is 0.661. The molecule has 0 saturated carbocycles. The molecule has 0 aromatic heterocycles. The van der Waals surface area contributed by atoms with Crippen molar-refractivity contribution in [2.75, 3.05) is 0 Å². The number of hydrogen-bond donors (Lipinski definition) is 1. The van der Waals surface area contributed by atoms with Crippen LogP contribution in [0, 0.1) is 0 Å². The first-order valence-corrected chi connectivity index (χ1v) is 5.87. The molecule has 2 rings (SSSR count). The second-order valence-corrected chi connectivity index (χ2v) is 4.03. The highest BCUT2D eigenvalue weighted by Gasteiger charge is 2.15. The zero-order chi connectivity index (χ0) is 13.7. The van der Waals surface area contributed by atoms with Gasteiger partial charge in [-0.15, -0.1) is 0 Å². The number of ether oxygens (including phenoxy) is 1. The highest BCUT2D eigenvalue weighted by atomic mass is 16.5. The van der Waals surface area contributed by atoms with Gasteiger partial charge in [-0.05, 0) is 23.8 Å². The summed E-state index contributed by atoms with van der Waals surface area (Å²) in [6.07, 6.45) is 5.54. The first-order valence-electron chi connectivity index (χ1n) is 5.87. The minimum absolute atomic E-state index is 0.255. The van der Waals surface area contributed by atoms with Gasteiger partial charge in [0.05, 0.1) is 11.1 Å². The molecule has 1 aromatic rings. The molecule has 4 nitrogen and oxygen atoms in total. The second kappa shape index (κ2) is 5.96. The van der Waals surface area contributed by atoms with Crippen LogP contribution < -0.4 is 5.73 Å². The van der Waals surface area contributed by atoms with Crippen LogP contribution in [0.3, 0.4) is 0 Å². The fraction of sp³-hybridized carbons (Fsp3) is 0.133. The molecule has 0 radical (unpaired) electrons. The van der Waals surface area contributed by atoms with Crippen molar-refractivity contribution in [2.45, 2.75) is 13.0 Å². The molecule has 0 spiro atoms. The van der Waals surface area contributed by atoms with E-state index in [0.717, 1.165) is 5.56 Å². The van der Waals surface area contributed by atoms with Crippen LogP contribution >= 0.6 is 0 Å². The Balaban J connectivity index is 2.14. The Morgan fingerprint density at radius 2 is 2.05 bits per heavy atom. The first-order chi connectivity index (χ1) is 9.24. The van der Waals surface area contributed by atoms with Gasteiger partial charge >= 0.3 is 5.97 Å². The maximum Gasteiger partial charge on any atom is 0.343 e. The van der Waals surface area contributed by atoms with Gasteiger partial charge < -0.3 is 10.5 Å². The van der Waals surface area contributed by atoms with Gasteiger partial charge in [0.25, 0.3) is 0 Å². The van der Waals surface area contributed by atoms with E-state index in [1.54, 1.807) is 48.4 Å². The van der Waals surface area contributed by atoms with Gasteiger partial charge in [0, 0.05) is 13.0 Å². The average Bonchev–Trinajstić information content (AvgIpc) is 2.48. The molecule has 1 aliphatic carbocycles. The lowest BCUT2D eigenvalue weighted by Crippen LogP contribution is -2.08. The molecule has 4 heteroatoms. The molecule has 0 amide bonds. The Morgan fingerprint density at radius 3 is 2.68 bits per heavy atom. The lowest BCUT2D eigenvalue weighted by atomic mass is 10.1. The topological polar surface area (TPSA) is 69.4 Å². The molecule has 1 aromatic carbocycles. The number of carbonyl (C=O) groups excluding carboxylic acids is 2. The number of allylic oxidation sites excluding steroid dienone is 4. The highest BCUT2D eigenvalue weighted by Crippen LogP contribution is 2.19. The normalized spacial score (nSPS) is 13.7. The maximum atomic E-state index is 11.9. The van der Waals surface area contributed by atoms with Gasteiger partial charge in [0.15, 0.2) is 0 Å². The summed E-state index contributed by atoms with van der Waals surface area (Å²) in [5.41, 5.74) is 7.17. The van der Waals surface area contributed by atoms with Crippen LogP contribution in [0.15, 0.2) is 53.8 Å². The Kier molecular flexibility index (Phi) is 4.08. The van der Waals surface area contributed by atoms with Gasteiger partial charge in [-0.2, -0.15) is 0 Å². The van der Waals surface area contributed by atoms with E-state index in [0.29, 0.717) is 24.1 Å². The third-order valence-electron chi connectivity index (χ3n) is 2.75. The third-order valence-corrected chi connectivity index (χ3v) is 2.75. The smallest absolute Gasteiger partial charge is 0.343 e. The fourth-order valence-corrected chi connectivity index (χ4v) is 1.67. The van der Waals surface area contributed by atoms with E-state index >= 15 is 0 Å². The summed E-state index contributed by atoms with van der Waals surface area (Å²) in [5, 5.41) is 0. The molecule has 0 bridgehead atoms. The summed E-state index contributed by atoms with van der Waals surface area (Å²) in [6, 6.07) is 6.83. The molecule has 0 fully saturated rings. The van der Waals surface area contributed by atoms with Gasteiger partial charge in [-0.3, -0.25) is 0 Å². The minimum Gasteiger partial charge on any atom is -0.422 e. The minimum atomic E-state index is -0.502. The van der Waals surface area contributed by atoms with Crippen molar-refractivity contribution in [3.05, 3.63) is 65.0 Å². The van der Waals surface area contributed by atoms with E-state index in [4.69, 9.17) is 10.5 Å². The van der Waals surface area contributed by atoms with Crippen LogP contribution in [0.2, 0.25) is 0 Å². The zero-order valence-corrected chi connectivity index (χ0v) is 10.3. The van der Waals surface area contributed by atoms with Crippen molar-refractivity contribution in [3.63, 3.8) is 0 Å². The van der Waals surface area contributed by atoms with Gasteiger partial charge in [-0.25, -0.2) is 9.59 Å². The van der Waals surface area contributed by atoms with Crippen molar-refractivity contribution in [2.24, 2.45) is 5.73 Å². The van der Waals surface area contributed by atoms with Crippen molar-refractivity contribution in [3.8, 4) is 0 Å². The second-order valence-electron chi connectivity index (χ2n) is 4.03. The zero-order valence-electron chi connectivity index (χ0n) is 10.3. The molecule has 0 saturated heterocycles. The van der Waals surface area contributed by atoms with Crippen molar-refractivity contribution < 1.29 is 14.3 Å². The van der Waals surface area contributed by atoms with E-state index in [-0.39, 0.29) is 5.76 Å². The number of rotatable bonds is 3. The van der Waals surface area contributed by atoms with Gasteiger partial charge in [0.2, 0.25) is 0 Å². The SMILES string of the molecule is NCc1ccc(C(=O)OC2=CC=CCC2=C=O)cc1. The first kappa shape index (κ1) is 13.0. The van der Waals surface area contributed by atoms with Crippen LogP contribution in [0.4, 0.5) is 0 Å². The van der Waals surface area contributed by atoms with E-state index in [1.807, 2.05) is 0 Å². The molecule has 0 aliphatic heterocycles. The summed E-state index contributed by atoms with van der Waals surface area (Å²) >= 11 is 0. The molecular weight excluding hydrogens is 242 g/mol. The maximum absolute atomic E-state index is 11.9. The van der Waals surface area contributed by atoms with E-state index in [1.165, 1.54) is 0 Å². The molecule has 19 heavy (non-hydrogen) atoms. The summed E-state index contributed by atoms with van der Waals surface area (Å²) in [6.45, 7) is 0.420. The predicted molar refractivity (Wildman–Crippen MR) is 70.8 cm³/mol. The van der Waals surface area contributed by atoms with Crippen LogP contribution in [0.5, 0.6) is 0 Å². The van der Waals surface area contributed by atoms with Crippen LogP contribution in [-0.4, -0.2) is 11.9 Å². The van der Waals surface area contributed by atoms with E-state index < -0.39 is 5.97 Å². The van der Waals surface area contributed by atoms with Crippen molar-refractivity contribution in [1.82, 2.24) is 0 Å². The number of hydrogen-bond acceptors (Lipinski definition) is 4. The summed E-state index contributed by atoms with van der Waals surface area (Å²) in [4.78, 5) is 22.6. The molecule has 2 N–H and O–H groups in total. The Morgan fingerprint density at radius 1 is 1.32 bits per heavy atom. The molecular formula is C15H13NO3. The molecule has 0 heterocycles.